The Balaban J connectivity index is 2.54. The summed E-state index contributed by atoms with van der Waals surface area (Å²) >= 11 is 0. The van der Waals surface area contributed by atoms with Crippen LogP contribution < -0.4 is 4.72 Å². The van der Waals surface area contributed by atoms with Crippen molar-refractivity contribution in [2.75, 3.05) is 4.72 Å². The summed E-state index contributed by atoms with van der Waals surface area (Å²) in [4.78, 5) is -0.372. The van der Waals surface area contributed by atoms with Crippen molar-refractivity contribution >= 4 is 15.7 Å². The summed E-state index contributed by atoms with van der Waals surface area (Å²) in [6.07, 6.45) is -9.95. The van der Waals surface area contributed by atoms with Crippen LogP contribution >= 0.6 is 0 Å². The molecule has 0 aliphatic heterocycles. The van der Waals surface area contributed by atoms with Crippen molar-refractivity contribution in [1.82, 2.24) is 0 Å². The van der Waals surface area contributed by atoms with E-state index in [1.807, 2.05) is 0 Å². The van der Waals surface area contributed by atoms with E-state index in [2.05, 4.69) is 0 Å². The number of rotatable bonds is 3. The van der Waals surface area contributed by atoms with Gasteiger partial charge in [-0.2, -0.15) is 26.3 Å². The van der Waals surface area contributed by atoms with Crippen molar-refractivity contribution < 1.29 is 34.8 Å². The first-order valence-corrected chi connectivity index (χ1v) is 8.17. The largest absolute Gasteiger partial charge is 0.418 e. The number of hydrogen-bond donors (Lipinski definition) is 1. The van der Waals surface area contributed by atoms with Crippen LogP contribution in [0.3, 0.4) is 0 Å². The van der Waals surface area contributed by atoms with E-state index in [4.69, 9.17) is 0 Å². The topological polar surface area (TPSA) is 46.2 Å². The molecule has 0 unspecified atom stereocenters. The molecule has 2 rings (SSSR count). The van der Waals surface area contributed by atoms with Crippen molar-refractivity contribution in [3.63, 3.8) is 0 Å². The minimum Gasteiger partial charge on any atom is -0.279 e. The van der Waals surface area contributed by atoms with E-state index in [9.17, 15) is 34.8 Å². The second kappa shape index (κ2) is 6.25. The summed E-state index contributed by atoms with van der Waals surface area (Å²) in [6.45, 7) is 1.67. The van der Waals surface area contributed by atoms with Gasteiger partial charge in [-0.1, -0.05) is 17.7 Å². The molecule has 0 aliphatic rings. The molecule has 10 heteroatoms. The van der Waals surface area contributed by atoms with E-state index in [0.717, 1.165) is 12.1 Å². The predicted octanol–water partition coefficient (Wildman–Crippen LogP) is 4.83. The summed E-state index contributed by atoms with van der Waals surface area (Å²) in [5.74, 6) is 0. The van der Waals surface area contributed by atoms with Crippen molar-refractivity contribution in [2.24, 2.45) is 0 Å². The van der Waals surface area contributed by atoms with Crippen LogP contribution in [0.25, 0.3) is 0 Å². The van der Waals surface area contributed by atoms with Gasteiger partial charge in [0.1, 0.15) is 0 Å². The Hall–Kier alpha value is -2.23. The Kier molecular flexibility index (Phi) is 4.77. The third-order valence-electron chi connectivity index (χ3n) is 3.23. The lowest BCUT2D eigenvalue weighted by Gasteiger charge is -2.17. The first-order valence-electron chi connectivity index (χ1n) is 6.68. The highest BCUT2D eigenvalue weighted by Crippen LogP contribution is 2.39. The molecular formula is C15H11F6NO2S. The molecule has 0 heterocycles. The maximum atomic E-state index is 13.0. The second-order valence-corrected chi connectivity index (χ2v) is 6.86. The quantitative estimate of drug-likeness (QED) is 0.772. The molecule has 3 nitrogen and oxygen atoms in total. The first-order chi connectivity index (χ1) is 11.3. The average molecular weight is 383 g/mol. The normalized spacial score (nSPS) is 12.9. The minimum absolute atomic E-state index is 0.120. The van der Waals surface area contributed by atoms with Crippen LogP contribution in [0.2, 0.25) is 0 Å². The van der Waals surface area contributed by atoms with Crippen LogP contribution in [0.1, 0.15) is 16.7 Å². The zero-order chi connectivity index (χ0) is 19.0. The average Bonchev–Trinajstić information content (AvgIpc) is 2.45. The smallest absolute Gasteiger partial charge is 0.279 e. The number of anilines is 1. The molecule has 0 bridgehead atoms. The van der Waals surface area contributed by atoms with Crippen LogP contribution in [0.4, 0.5) is 32.0 Å². The standard InChI is InChI=1S/C15H11F6NO2S/c1-9-2-5-11(6-3-9)25(23,24)22-13-8-10(14(16,17)18)4-7-12(13)15(19,20)21/h2-8,22H,1H3. The van der Waals surface area contributed by atoms with Gasteiger partial charge in [-0.25, -0.2) is 8.42 Å². The lowest BCUT2D eigenvalue weighted by molar-refractivity contribution is -0.140. The molecule has 0 aromatic heterocycles. The van der Waals surface area contributed by atoms with Gasteiger partial charge < -0.3 is 0 Å². The molecule has 0 saturated heterocycles. The zero-order valence-electron chi connectivity index (χ0n) is 12.5. The van der Waals surface area contributed by atoms with Gasteiger partial charge in [0.2, 0.25) is 0 Å². The molecule has 2 aromatic carbocycles. The van der Waals surface area contributed by atoms with Gasteiger partial charge in [0.15, 0.2) is 0 Å². The fraction of sp³-hybridized carbons (Fsp3) is 0.200. The summed E-state index contributed by atoms with van der Waals surface area (Å²) in [7, 11) is -4.49. The monoisotopic (exact) mass is 383 g/mol. The Morgan fingerprint density at radius 1 is 0.840 bits per heavy atom. The Morgan fingerprint density at radius 3 is 1.88 bits per heavy atom. The second-order valence-electron chi connectivity index (χ2n) is 5.17. The Labute approximate surface area is 139 Å². The summed E-state index contributed by atoms with van der Waals surface area (Å²) in [6, 6.07) is 5.64. The van der Waals surface area contributed by atoms with E-state index in [0.29, 0.717) is 5.56 Å². The number of halogens is 6. The molecular weight excluding hydrogens is 372 g/mol. The maximum Gasteiger partial charge on any atom is 0.418 e. The SMILES string of the molecule is Cc1ccc(S(=O)(=O)Nc2cc(C(F)(F)F)ccc2C(F)(F)F)cc1. The van der Waals surface area contributed by atoms with Gasteiger partial charge >= 0.3 is 12.4 Å². The Bertz CT molecular complexity index is 870. The highest BCUT2D eigenvalue weighted by Gasteiger charge is 2.38. The van der Waals surface area contributed by atoms with Gasteiger partial charge in [-0.3, -0.25) is 4.72 Å². The molecule has 1 N–H and O–H groups in total. The third kappa shape index (κ3) is 4.44. The number of aryl methyl sites for hydroxylation is 1. The number of nitrogens with one attached hydrogen (secondary N) is 1. The van der Waals surface area contributed by atoms with Crippen LogP contribution in [-0.2, 0) is 22.4 Å². The number of benzene rings is 2. The van der Waals surface area contributed by atoms with Gasteiger partial charge in [0.05, 0.1) is 21.7 Å². The van der Waals surface area contributed by atoms with Gasteiger partial charge in [0, 0.05) is 0 Å². The van der Waals surface area contributed by atoms with E-state index < -0.39 is 39.2 Å². The lowest BCUT2D eigenvalue weighted by Crippen LogP contribution is -2.18. The van der Waals surface area contributed by atoms with Crippen molar-refractivity contribution in [2.45, 2.75) is 24.2 Å². The van der Waals surface area contributed by atoms with Crippen molar-refractivity contribution in [3.05, 3.63) is 59.2 Å². The highest BCUT2D eigenvalue weighted by molar-refractivity contribution is 7.92. The molecule has 136 valence electrons. The van der Waals surface area contributed by atoms with Gasteiger partial charge in [0.25, 0.3) is 10.0 Å². The molecule has 0 atom stereocenters. The van der Waals surface area contributed by atoms with E-state index >= 15 is 0 Å². The van der Waals surface area contributed by atoms with Crippen LogP contribution in [0.5, 0.6) is 0 Å². The number of sulfonamides is 1. The molecule has 0 amide bonds. The van der Waals surface area contributed by atoms with E-state index in [-0.39, 0.29) is 23.1 Å². The highest BCUT2D eigenvalue weighted by atomic mass is 32.2. The number of alkyl halides is 6. The summed E-state index contributed by atoms with van der Waals surface area (Å²) in [5, 5.41) is 0. The molecule has 0 spiro atoms. The first kappa shape index (κ1) is 19.1. The van der Waals surface area contributed by atoms with Crippen LogP contribution in [0.15, 0.2) is 47.4 Å². The zero-order valence-corrected chi connectivity index (χ0v) is 13.4. The summed E-state index contributed by atoms with van der Waals surface area (Å²) < 4.78 is 103. The van der Waals surface area contributed by atoms with Gasteiger partial charge in [-0.05, 0) is 37.3 Å². The van der Waals surface area contributed by atoms with Gasteiger partial charge in [-0.15, -0.1) is 0 Å². The minimum atomic E-state index is -5.03. The predicted molar refractivity (Wildman–Crippen MR) is 78.4 cm³/mol. The molecule has 0 aliphatic carbocycles. The molecule has 0 fully saturated rings. The molecule has 0 saturated carbocycles. The molecule has 0 radical (unpaired) electrons. The Morgan fingerprint density at radius 2 is 1.40 bits per heavy atom. The van der Waals surface area contributed by atoms with Crippen LogP contribution in [0, 0.1) is 6.92 Å². The van der Waals surface area contributed by atoms with E-state index in [1.165, 1.54) is 12.1 Å². The van der Waals surface area contributed by atoms with Crippen molar-refractivity contribution in [1.29, 1.82) is 0 Å². The lowest BCUT2D eigenvalue weighted by atomic mass is 10.1. The third-order valence-corrected chi connectivity index (χ3v) is 4.61. The summed E-state index contributed by atoms with van der Waals surface area (Å²) in [5.41, 5.74) is -3.41. The number of hydrogen-bond acceptors (Lipinski definition) is 2. The fourth-order valence-corrected chi connectivity index (χ4v) is 3.04. The molecule has 2 aromatic rings. The molecule has 25 heavy (non-hydrogen) atoms. The van der Waals surface area contributed by atoms with Crippen molar-refractivity contribution in [3.8, 4) is 0 Å². The van der Waals surface area contributed by atoms with Crippen LogP contribution in [-0.4, -0.2) is 8.42 Å². The maximum absolute atomic E-state index is 13.0. The van der Waals surface area contributed by atoms with E-state index in [1.54, 1.807) is 11.6 Å². The fourth-order valence-electron chi connectivity index (χ4n) is 1.97.